The number of halogens is 1. The first-order valence-corrected chi connectivity index (χ1v) is 7.10. The number of hydrogen-bond donors (Lipinski definition) is 0. The van der Waals surface area contributed by atoms with E-state index in [9.17, 15) is 8.42 Å². The van der Waals surface area contributed by atoms with Crippen molar-refractivity contribution in [3.8, 4) is 0 Å². The zero-order valence-corrected chi connectivity index (χ0v) is 10.1. The molecule has 15 heavy (non-hydrogen) atoms. The van der Waals surface area contributed by atoms with Gasteiger partial charge in [-0.05, 0) is 11.1 Å². The molecule has 0 aliphatic carbocycles. The van der Waals surface area contributed by atoms with E-state index in [1.807, 2.05) is 30.3 Å². The van der Waals surface area contributed by atoms with Gasteiger partial charge in [-0.3, -0.25) is 0 Å². The average Bonchev–Trinajstić information content (AvgIpc) is 2.14. The van der Waals surface area contributed by atoms with E-state index >= 15 is 0 Å². The third-order valence-electron chi connectivity index (χ3n) is 1.86. The molecule has 0 saturated carbocycles. The van der Waals surface area contributed by atoms with Gasteiger partial charge in [0.2, 0.25) is 0 Å². The maximum absolute atomic E-state index is 11.2. The Morgan fingerprint density at radius 3 is 2.60 bits per heavy atom. The van der Waals surface area contributed by atoms with Crippen LogP contribution in [0.5, 0.6) is 0 Å². The molecule has 0 amide bonds. The van der Waals surface area contributed by atoms with Gasteiger partial charge in [-0.1, -0.05) is 36.4 Å². The van der Waals surface area contributed by atoms with Crippen molar-refractivity contribution in [2.24, 2.45) is 0 Å². The summed E-state index contributed by atoms with van der Waals surface area (Å²) >= 11 is 5.53. The first kappa shape index (κ1) is 12.3. The highest BCUT2D eigenvalue weighted by molar-refractivity contribution is 7.89. The van der Waals surface area contributed by atoms with Crippen molar-refractivity contribution in [1.82, 2.24) is 0 Å². The summed E-state index contributed by atoms with van der Waals surface area (Å²) in [6.45, 7) is 0. The van der Waals surface area contributed by atoms with E-state index in [-0.39, 0.29) is 5.75 Å². The SMILES string of the molecule is CS(=O)(=O)Cc1ccccc1C=CCCl. The van der Waals surface area contributed by atoms with E-state index in [1.165, 1.54) is 6.26 Å². The third-order valence-corrected chi connectivity index (χ3v) is 2.87. The van der Waals surface area contributed by atoms with Crippen molar-refractivity contribution in [2.45, 2.75) is 5.75 Å². The molecule has 0 bridgehead atoms. The summed E-state index contributed by atoms with van der Waals surface area (Å²) < 4.78 is 22.4. The van der Waals surface area contributed by atoms with Crippen LogP contribution in [0.1, 0.15) is 11.1 Å². The van der Waals surface area contributed by atoms with Crippen LogP contribution >= 0.6 is 11.6 Å². The largest absolute Gasteiger partial charge is 0.229 e. The summed E-state index contributed by atoms with van der Waals surface area (Å²) in [5, 5.41) is 0. The minimum absolute atomic E-state index is 0.0653. The van der Waals surface area contributed by atoms with Gasteiger partial charge >= 0.3 is 0 Å². The molecule has 82 valence electrons. The van der Waals surface area contributed by atoms with Gasteiger partial charge in [0.15, 0.2) is 9.84 Å². The fraction of sp³-hybridized carbons (Fsp3) is 0.273. The Bertz CT molecular complexity index is 449. The molecule has 1 aromatic rings. The molecule has 0 N–H and O–H groups in total. The Labute approximate surface area is 95.5 Å². The molecule has 4 heteroatoms. The van der Waals surface area contributed by atoms with E-state index in [0.29, 0.717) is 5.88 Å². The summed E-state index contributed by atoms with van der Waals surface area (Å²) in [6, 6.07) is 7.40. The topological polar surface area (TPSA) is 34.1 Å². The van der Waals surface area contributed by atoms with E-state index in [2.05, 4.69) is 0 Å². The Morgan fingerprint density at radius 2 is 2.00 bits per heavy atom. The van der Waals surface area contributed by atoms with E-state index < -0.39 is 9.84 Å². The number of alkyl halides is 1. The Morgan fingerprint density at radius 1 is 1.33 bits per heavy atom. The predicted octanol–water partition coefficient (Wildman–Crippen LogP) is 2.48. The highest BCUT2D eigenvalue weighted by atomic mass is 35.5. The van der Waals surface area contributed by atoms with Gasteiger partial charge in [0.05, 0.1) is 5.75 Å². The van der Waals surface area contributed by atoms with Crippen molar-refractivity contribution in [1.29, 1.82) is 0 Å². The zero-order valence-electron chi connectivity index (χ0n) is 8.48. The second-order valence-corrected chi connectivity index (χ2v) is 5.77. The highest BCUT2D eigenvalue weighted by Crippen LogP contribution is 2.13. The van der Waals surface area contributed by atoms with E-state index in [0.717, 1.165) is 11.1 Å². The van der Waals surface area contributed by atoms with E-state index in [1.54, 1.807) is 6.08 Å². The van der Waals surface area contributed by atoms with Crippen molar-refractivity contribution < 1.29 is 8.42 Å². The summed E-state index contributed by atoms with van der Waals surface area (Å²) in [7, 11) is -2.99. The molecule has 2 nitrogen and oxygen atoms in total. The van der Waals surface area contributed by atoms with Crippen LogP contribution in [-0.2, 0) is 15.6 Å². The maximum Gasteiger partial charge on any atom is 0.151 e. The molecule has 0 heterocycles. The number of allylic oxidation sites excluding steroid dienone is 1. The maximum atomic E-state index is 11.2. The summed E-state index contributed by atoms with van der Waals surface area (Å²) in [5.74, 6) is 0.489. The molecule has 1 rings (SSSR count). The predicted molar refractivity (Wildman–Crippen MR) is 64.7 cm³/mol. The summed E-state index contributed by atoms with van der Waals surface area (Å²) in [5.41, 5.74) is 1.71. The van der Waals surface area contributed by atoms with Gasteiger partial charge in [0, 0.05) is 12.1 Å². The lowest BCUT2D eigenvalue weighted by Crippen LogP contribution is -2.02. The molecule has 0 aliphatic rings. The number of sulfone groups is 1. The highest BCUT2D eigenvalue weighted by Gasteiger charge is 2.06. The Hall–Kier alpha value is -0.800. The number of rotatable bonds is 4. The van der Waals surface area contributed by atoms with Crippen LogP contribution in [0, 0.1) is 0 Å². The minimum Gasteiger partial charge on any atom is -0.229 e. The van der Waals surface area contributed by atoms with Crippen LogP contribution in [0.4, 0.5) is 0 Å². The van der Waals surface area contributed by atoms with Crippen LogP contribution in [0.2, 0.25) is 0 Å². The van der Waals surface area contributed by atoms with Crippen LogP contribution in [0.15, 0.2) is 30.3 Å². The molecular weight excluding hydrogens is 232 g/mol. The molecule has 0 spiro atoms. The Balaban J connectivity index is 3.01. The number of hydrogen-bond acceptors (Lipinski definition) is 2. The third kappa shape index (κ3) is 4.49. The zero-order chi connectivity index (χ0) is 11.3. The van der Waals surface area contributed by atoms with Gasteiger partial charge in [0.25, 0.3) is 0 Å². The molecule has 0 aliphatic heterocycles. The second kappa shape index (κ2) is 5.33. The average molecular weight is 245 g/mol. The lowest BCUT2D eigenvalue weighted by atomic mass is 10.1. The van der Waals surface area contributed by atoms with E-state index in [4.69, 9.17) is 11.6 Å². The molecule has 0 aromatic heterocycles. The smallest absolute Gasteiger partial charge is 0.151 e. The Kier molecular flexibility index (Phi) is 4.36. The van der Waals surface area contributed by atoms with Crippen LogP contribution in [0.25, 0.3) is 6.08 Å². The number of benzene rings is 1. The fourth-order valence-corrected chi connectivity index (χ4v) is 2.20. The van der Waals surface area contributed by atoms with Gasteiger partial charge < -0.3 is 0 Å². The minimum atomic E-state index is -2.99. The molecule has 0 atom stereocenters. The van der Waals surface area contributed by atoms with Crippen molar-refractivity contribution in [2.75, 3.05) is 12.1 Å². The molecule has 0 fully saturated rings. The quantitative estimate of drug-likeness (QED) is 0.763. The van der Waals surface area contributed by atoms with Crippen molar-refractivity contribution in [3.63, 3.8) is 0 Å². The standard InChI is InChI=1S/C11H13ClO2S/c1-15(13,14)9-11-6-3-2-5-10(11)7-4-8-12/h2-7H,8-9H2,1H3. The normalized spacial score (nSPS) is 12.1. The molecule has 1 aromatic carbocycles. The second-order valence-electron chi connectivity index (χ2n) is 3.33. The van der Waals surface area contributed by atoms with Gasteiger partial charge in [0.1, 0.15) is 0 Å². The molecule has 0 radical (unpaired) electrons. The van der Waals surface area contributed by atoms with Crippen LogP contribution in [0.3, 0.4) is 0 Å². The lowest BCUT2D eigenvalue weighted by molar-refractivity contribution is 0.601. The summed E-state index contributed by atoms with van der Waals surface area (Å²) in [6.07, 6.45) is 4.87. The summed E-state index contributed by atoms with van der Waals surface area (Å²) in [4.78, 5) is 0. The van der Waals surface area contributed by atoms with Crippen molar-refractivity contribution in [3.05, 3.63) is 41.5 Å². The van der Waals surface area contributed by atoms with Crippen LogP contribution in [-0.4, -0.2) is 20.6 Å². The molecular formula is C11H13ClO2S. The molecule has 0 saturated heterocycles. The van der Waals surface area contributed by atoms with Crippen LogP contribution < -0.4 is 0 Å². The van der Waals surface area contributed by atoms with Gasteiger partial charge in [-0.25, -0.2) is 8.42 Å². The lowest BCUT2D eigenvalue weighted by Gasteiger charge is -2.03. The van der Waals surface area contributed by atoms with Gasteiger partial charge in [-0.2, -0.15) is 0 Å². The first-order valence-electron chi connectivity index (χ1n) is 4.51. The van der Waals surface area contributed by atoms with Crippen molar-refractivity contribution >= 4 is 27.5 Å². The van der Waals surface area contributed by atoms with Gasteiger partial charge in [-0.15, -0.1) is 11.6 Å². The monoisotopic (exact) mass is 244 g/mol. The molecule has 0 unspecified atom stereocenters. The fourth-order valence-electron chi connectivity index (χ4n) is 1.28. The first-order chi connectivity index (χ1) is 7.03.